The Bertz CT molecular complexity index is 96.4. The minimum Gasteiger partial charge on any atom is -0.304 e. The first kappa shape index (κ1) is 5.69. The molecular formula is C5H7FNO. The highest BCUT2D eigenvalue weighted by atomic mass is 19.1. The number of hydrogen-bond donors (Lipinski definition) is 1. The van der Waals surface area contributed by atoms with Crippen molar-refractivity contribution in [3.8, 4) is 0 Å². The van der Waals surface area contributed by atoms with Crippen molar-refractivity contribution in [1.82, 2.24) is 5.32 Å². The maximum atomic E-state index is 12.1. The third-order valence-electron chi connectivity index (χ3n) is 1.22. The van der Waals surface area contributed by atoms with E-state index in [-0.39, 0.29) is 6.04 Å². The van der Waals surface area contributed by atoms with Gasteiger partial charge in [0.2, 0.25) is 6.29 Å². The van der Waals surface area contributed by atoms with E-state index in [1.807, 2.05) is 0 Å². The Kier molecular flexibility index (Phi) is 1.58. The quantitative estimate of drug-likeness (QED) is 0.514. The van der Waals surface area contributed by atoms with E-state index in [4.69, 9.17) is 0 Å². The van der Waals surface area contributed by atoms with E-state index in [2.05, 4.69) is 5.32 Å². The van der Waals surface area contributed by atoms with Crippen molar-refractivity contribution in [1.29, 1.82) is 0 Å². The van der Waals surface area contributed by atoms with Crippen LogP contribution in [0.4, 0.5) is 4.39 Å². The second-order valence-electron chi connectivity index (χ2n) is 1.91. The fourth-order valence-electron chi connectivity index (χ4n) is 0.782. The van der Waals surface area contributed by atoms with Crippen LogP contribution < -0.4 is 5.32 Å². The minimum atomic E-state index is -0.846. The normalized spacial score (nSPS) is 37.6. The zero-order valence-corrected chi connectivity index (χ0v) is 4.36. The van der Waals surface area contributed by atoms with Crippen molar-refractivity contribution >= 4 is 6.29 Å². The number of carbonyl (C=O) groups excluding carboxylic acids is 1. The monoisotopic (exact) mass is 116 g/mol. The third-order valence-corrected chi connectivity index (χ3v) is 1.22. The predicted octanol–water partition coefficient (Wildman–Crippen LogP) is -0.204. The van der Waals surface area contributed by atoms with Crippen LogP contribution in [0.25, 0.3) is 0 Å². The van der Waals surface area contributed by atoms with Crippen molar-refractivity contribution in [3.63, 3.8) is 0 Å². The smallest absolute Gasteiger partial charge is 0.216 e. The summed E-state index contributed by atoms with van der Waals surface area (Å²) in [5, 5.41) is 2.66. The van der Waals surface area contributed by atoms with Gasteiger partial charge < -0.3 is 5.32 Å². The summed E-state index contributed by atoms with van der Waals surface area (Å²) in [6.45, 7) is 0.305. The molecule has 0 aromatic carbocycles. The summed E-state index contributed by atoms with van der Waals surface area (Å²) >= 11 is 0. The molecule has 1 aliphatic rings. The Hall–Kier alpha value is -0.440. The molecule has 1 rings (SSSR count). The fourth-order valence-corrected chi connectivity index (χ4v) is 0.782. The van der Waals surface area contributed by atoms with Crippen molar-refractivity contribution in [2.75, 3.05) is 6.54 Å². The van der Waals surface area contributed by atoms with Gasteiger partial charge in [0.15, 0.2) is 0 Å². The molecule has 0 saturated carbocycles. The minimum absolute atomic E-state index is 0.295. The van der Waals surface area contributed by atoms with Gasteiger partial charge in [-0.1, -0.05) is 0 Å². The van der Waals surface area contributed by atoms with Gasteiger partial charge >= 0.3 is 0 Å². The van der Waals surface area contributed by atoms with Crippen LogP contribution in [0.5, 0.6) is 0 Å². The SMILES string of the molecule is O=[C][C@@H]1C[C@@H](F)CN1. The molecule has 2 atom stereocenters. The van der Waals surface area contributed by atoms with Crippen molar-refractivity contribution in [2.45, 2.75) is 18.6 Å². The number of alkyl halides is 1. The van der Waals surface area contributed by atoms with Gasteiger partial charge in [0.1, 0.15) is 6.17 Å². The van der Waals surface area contributed by atoms with E-state index in [1.165, 1.54) is 0 Å². The van der Waals surface area contributed by atoms with Crippen LogP contribution in [0.2, 0.25) is 0 Å². The highest BCUT2D eigenvalue weighted by Crippen LogP contribution is 2.06. The molecule has 0 unspecified atom stereocenters. The predicted molar refractivity (Wildman–Crippen MR) is 27.0 cm³/mol. The van der Waals surface area contributed by atoms with Crippen molar-refractivity contribution < 1.29 is 9.18 Å². The second-order valence-corrected chi connectivity index (χ2v) is 1.91. The van der Waals surface area contributed by atoms with Crippen LogP contribution in [0.3, 0.4) is 0 Å². The lowest BCUT2D eigenvalue weighted by atomic mass is 10.2. The molecule has 0 aromatic rings. The molecule has 1 heterocycles. The number of rotatable bonds is 1. The van der Waals surface area contributed by atoms with Gasteiger partial charge in [-0.2, -0.15) is 0 Å². The molecule has 0 aromatic heterocycles. The number of nitrogens with one attached hydrogen (secondary N) is 1. The van der Waals surface area contributed by atoms with Gasteiger partial charge in [0.25, 0.3) is 0 Å². The molecule has 45 valence electrons. The highest BCUT2D eigenvalue weighted by molar-refractivity contribution is 5.59. The molecule has 1 fully saturated rings. The lowest BCUT2D eigenvalue weighted by Crippen LogP contribution is -2.22. The fraction of sp³-hybridized carbons (Fsp3) is 0.800. The summed E-state index contributed by atoms with van der Waals surface area (Å²) in [4.78, 5) is 9.80. The summed E-state index contributed by atoms with van der Waals surface area (Å²) in [5.74, 6) is 0. The third kappa shape index (κ3) is 1.04. The molecule has 0 aliphatic carbocycles. The van der Waals surface area contributed by atoms with Gasteiger partial charge in [0, 0.05) is 13.0 Å². The highest BCUT2D eigenvalue weighted by Gasteiger charge is 2.22. The van der Waals surface area contributed by atoms with E-state index < -0.39 is 6.17 Å². The van der Waals surface area contributed by atoms with E-state index in [9.17, 15) is 9.18 Å². The maximum absolute atomic E-state index is 12.1. The van der Waals surface area contributed by atoms with Crippen molar-refractivity contribution in [3.05, 3.63) is 0 Å². The lowest BCUT2D eigenvalue weighted by molar-refractivity contribution is 0.358. The first-order valence-corrected chi connectivity index (χ1v) is 2.58. The molecule has 1 saturated heterocycles. The summed E-state index contributed by atoms with van der Waals surface area (Å²) in [5.41, 5.74) is 0. The Morgan fingerprint density at radius 2 is 2.50 bits per heavy atom. The van der Waals surface area contributed by atoms with Crippen molar-refractivity contribution in [2.24, 2.45) is 0 Å². The molecule has 1 N–H and O–H groups in total. The molecule has 0 bridgehead atoms. The molecule has 8 heavy (non-hydrogen) atoms. The summed E-state index contributed by atoms with van der Waals surface area (Å²) in [6, 6.07) is -0.356. The van der Waals surface area contributed by atoms with Crippen LogP contribution in [0.15, 0.2) is 0 Å². The van der Waals surface area contributed by atoms with Crippen LogP contribution in [-0.4, -0.2) is 25.0 Å². The first-order chi connectivity index (χ1) is 3.83. The molecule has 3 heteroatoms. The zero-order valence-electron chi connectivity index (χ0n) is 4.36. The van der Waals surface area contributed by atoms with E-state index in [1.54, 1.807) is 6.29 Å². The van der Waals surface area contributed by atoms with Crippen LogP contribution in [0.1, 0.15) is 6.42 Å². The summed E-state index contributed by atoms with van der Waals surface area (Å²) < 4.78 is 12.1. The number of hydrogen-bond acceptors (Lipinski definition) is 2. The molecule has 1 aliphatic heterocycles. The van der Waals surface area contributed by atoms with E-state index in [0.29, 0.717) is 13.0 Å². The van der Waals surface area contributed by atoms with Gasteiger partial charge in [-0.15, -0.1) is 0 Å². The van der Waals surface area contributed by atoms with Crippen LogP contribution >= 0.6 is 0 Å². The maximum Gasteiger partial charge on any atom is 0.216 e. The Morgan fingerprint density at radius 3 is 2.75 bits per heavy atom. The van der Waals surface area contributed by atoms with Gasteiger partial charge in [-0.05, 0) is 0 Å². The Balaban J connectivity index is 2.32. The molecule has 0 amide bonds. The summed E-state index contributed by atoms with van der Waals surface area (Å²) in [7, 11) is 0. The first-order valence-electron chi connectivity index (χ1n) is 2.58. The molecule has 1 radical (unpaired) electrons. The van der Waals surface area contributed by atoms with E-state index in [0.717, 1.165) is 0 Å². The Labute approximate surface area is 47.1 Å². The lowest BCUT2D eigenvalue weighted by Gasteiger charge is -1.92. The molecule has 0 spiro atoms. The standard InChI is InChI=1S/C5H7FNO/c6-4-1-5(3-8)7-2-4/h4-5,7H,1-2H2/t4-,5+/m1/s1. The van der Waals surface area contributed by atoms with Gasteiger partial charge in [-0.25, -0.2) is 4.39 Å². The topological polar surface area (TPSA) is 29.1 Å². The Morgan fingerprint density at radius 1 is 1.75 bits per heavy atom. The number of halogens is 1. The zero-order chi connectivity index (χ0) is 5.98. The second kappa shape index (κ2) is 2.22. The summed E-state index contributed by atoms with van der Waals surface area (Å²) in [6.07, 6.45) is 1.14. The molecule has 2 nitrogen and oxygen atoms in total. The van der Waals surface area contributed by atoms with Crippen LogP contribution in [0, 0.1) is 0 Å². The van der Waals surface area contributed by atoms with Gasteiger partial charge in [-0.3, -0.25) is 4.79 Å². The average molecular weight is 116 g/mol. The van der Waals surface area contributed by atoms with Crippen LogP contribution in [-0.2, 0) is 4.79 Å². The largest absolute Gasteiger partial charge is 0.304 e. The van der Waals surface area contributed by atoms with Gasteiger partial charge in [0.05, 0.1) is 6.04 Å². The molecular weight excluding hydrogens is 109 g/mol. The van der Waals surface area contributed by atoms with E-state index >= 15 is 0 Å². The average Bonchev–Trinajstić information content (AvgIpc) is 2.14.